The van der Waals surface area contributed by atoms with Gasteiger partial charge in [-0.05, 0) is 52.7 Å². The molecule has 0 aliphatic carbocycles. The van der Waals surface area contributed by atoms with Gasteiger partial charge >= 0.3 is 5.97 Å². The van der Waals surface area contributed by atoms with Crippen molar-refractivity contribution in [3.63, 3.8) is 0 Å². The first-order chi connectivity index (χ1) is 7.42. The first kappa shape index (κ1) is 13.5. The summed E-state index contributed by atoms with van der Waals surface area (Å²) in [5.74, 6) is -0.0656. The predicted octanol–water partition coefficient (Wildman–Crippen LogP) is 1.03. The van der Waals surface area contributed by atoms with Crippen LogP contribution in [0.5, 0.6) is 0 Å². The molecule has 94 valence electrons. The van der Waals surface area contributed by atoms with Crippen LogP contribution in [0.15, 0.2) is 0 Å². The highest BCUT2D eigenvalue weighted by molar-refractivity contribution is 5.73. The van der Waals surface area contributed by atoms with Crippen molar-refractivity contribution in [2.24, 2.45) is 11.3 Å². The van der Waals surface area contributed by atoms with Crippen LogP contribution in [0, 0.1) is 11.3 Å². The largest absolute Gasteiger partial charge is 0.481 e. The molecule has 0 aromatic carbocycles. The number of carboxylic acid groups (broad SMARTS) is 1. The molecule has 1 rings (SSSR count). The fourth-order valence-corrected chi connectivity index (χ4v) is 2.10. The van der Waals surface area contributed by atoms with E-state index in [1.807, 2.05) is 0 Å². The Morgan fingerprint density at radius 2 is 2.25 bits per heavy atom. The van der Waals surface area contributed by atoms with Crippen LogP contribution in [0.2, 0.25) is 0 Å². The van der Waals surface area contributed by atoms with Crippen molar-refractivity contribution in [1.29, 1.82) is 0 Å². The fourth-order valence-electron chi connectivity index (χ4n) is 2.10. The minimum absolute atomic E-state index is 0.544. The van der Waals surface area contributed by atoms with Crippen LogP contribution in [0.25, 0.3) is 0 Å². The number of likely N-dealkylation sites (tertiary alicyclic amines) is 1. The van der Waals surface area contributed by atoms with E-state index in [1.165, 1.54) is 19.4 Å². The minimum atomic E-state index is -0.735. The second-order valence-electron chi connectivity index (χ2n) is 5.59. The smallest absolute Gasteiger partial charge is 0.310 e. The van der Waals surface area contributed by atoms with Gasteiger partial charge in [0.05, 0.1) is 5.41 Å². The molecular weight excluding hydrogens is 204 g/mol. The zero-order chi connectivity index (χ0) is 12.2. The molecule has 0 saturated carbocycles. The normalized spacial score (nSPS) is 23.3. The molecule has 16 heavy (non-hydrogen) atoms. The Kier molecular flexibility index (Phi) is 4.74. The van der Waals surface area contributed by atoms with E-state index in [0.717, 1.165) is 13.1 Å². The summed E-state index contributed by atoms with van der Waals surface area (Å²) in [4.78, 5) is 13.3. The Morgan fingerprint density at radius 3 is 2.81 bits per heavy atom. The second-order valence-corrected chi connectivity index (χ2v) is 5.59. The molecule has 0 spiro atoms. The van der Waals surface area contributed by atoms with Crippen LogP contribution in [-0.4, -0.2) is 49.2 Å². The maximum Gasteiger partial charge on any atom is 0.310 e. The topological polar surface area (TPSA) is 52.6 Å². The number of hydrogen-bond donors (Lipinski definition) is 2. The molecule has 0 amide bonds. The number of aliphatic carboxylic acids is 1. The van der Waals surface area contributed by atoms with Crippen LogP contribution in [0.1, 0.15) is 26.7 Å². The lowest BCUT2D eigenvalue weighted by atomic mass is 9.93. The zero-order valence-electron chi connectivity index (χ0n) is 10.6. The molecular formula is C12H24N2O2. The van der Waals surface area contributed by atoms with Crippen molar-refractivity contribution in [3.05, 3.63) is 0 Å². The molecule has 0 aromatic heterocycles. The Morgan fingerprint density at radius 1 is 1.56 bits per heavy atom. The van der Waals surface area contributed by atoms with E-state index in [2.05, 4.69) is 17.3 Å². The van der Waals surface area contributed by atoms with Gasteiger partial charge < -0.3 is 15.3 Å². The lowest BCUT2D eigenvalue weighted by Gasteiger charge is -2.30. The highest BCUT2D eigenvalue weighted by atomic mass is 16.4. The van der Waals surface area contributed by atoms with E-state index in [-0.39, 0.29) is 0 Å². The number of carboxylic acids is 1. The Balaban J connectivity index is 2.22. The third-order valence-electron chi connectivity index (χ3n) is 3.30. The average molecular weight is 228 g/mol. The maximum absolute atomic E-state index is 10.9. The molecule has 1 fully saturated rings. The van der Waals surface area contributed by atoms with E-state index in [0.29, 0.717) is 12.5 Å². The van der Waals surface area contributed by atoms with Crippen molar-refractivity contribution in [1.82, 2.24) is 10.2 Å². The van der Waals surface area contributed by atoms with Crippen LogP contribution < -0.4 is 5.32 Å². The van der Waals surface area contributed by atoms with Crippen molar-refractivity contribution in [3.8, 4) is 0 Å². The molecule has 1 aliphatic heterocycles. The van der Waals surface area contributed by atoms with Gasteiger partial charge in [0.2, 0.25) is 0 Å². The molecule has 0 radical (unpaired) electrons. The zero-order valence-corrected chi connectivity index (χ0v) is 10.6. The molecule has 1 aliphatic rings. The number of nitrogens with one attached hydrogen (secondary N) is 1. The Labute approximate surface area is 98.0 Å². The molecule has 4 nitrogen and oxygen atoms in total. The summed E-state index contributed by atoms with van der Waals surface area (Å²) in [6, 6.07) is 0. The van der Waals surface area contributed by atoms with Crippen molar-refractivity contribution in [2.45, 2.75) is 26.7 Å². The first-order valence-corrected chi connectivity index (χ1v) is 6.04. The van der Waals surface area contributed by atoms with E-state index >= 15 is 0 Å². The van der Waals surface area contributed by atoms with Crippen LogP contribution in [0.3, 0.4) is 0 Å². The molecule has 1 unspecified atom stereocenters. The monoisotopic (exact) mass is 228 g/mol. The van der Waals surface area contributed by atoms with E-state index in [9.17, 15) is 4.79 Å². The standard InChI is InChI=1S/C12H24N2O2/c1-12(2,11(15)16)9-13-7-10-5-4-6-14(3)8-10/h10,13H,4-9H2,1-3H3,(H,15,16). The number of nitrogens with zero attached hydrogens (tertiary/aromatic N) is 1. The predicted molar refractivity (Wildman–Crippen MR) is 64.5 cm³/mol. The summed E-state index contributed by atoms with van der Waals surface area (Å²) >= 11 is 0. The molecule has 1 saturated heterocycles. The lowest BCUT2D eigenvalue weighted by molar-refractivity contribution is -0.146. The van der Waals surface area contributed by atoms with Gasteiger partial charge in [0, 0.05) is 13.1 Å². The maximum atomic E-state index is 10.9. The summed E-state index contributed by atoms with van der Waals surface area (Å²) in [5, 5.41) is 12.3. The van der Waals surface area contributed by atoms with Gasteiger partial charge in [0.25, 0.3) is 0 Å². The quantitative estimate of drug-likeness (QED) is 0.738. The number of hydrogen-bond acceptors (Lipinski definition) is 3. The number of carbonyl (C=O) groups is 1. The fraction of sp³-hybridized carbons (Fsp3) is 0.917. The van der Waals surface area contributed by atoms with Gasteiger partial charge in [-0.3, -0.25) is 4.79 Å². The molecule has 2 N–H and O–H groups in total. The summed E-state index contributed by atoms with van der Waals surface area (Å²) in [7, 11) is 2.15. The van der Waals surface area contributed by atoms with Gasteiger partial charge in [-0.1, -0.05) is 0 Å². The summed E-state index contributed by atoms with van der Waals surface area (Å²) in [5.41, 5.74) is -0.666. The van der Waals surface area contributed by atoms with Crippen molar-refractivity contribution in [2.75, 3.05) is 33.2 Å². The van der Waals surface area contributed by atoms with Gasteiger partial charge in [-0.2, -0.15) is 0 Å². The highest BCUT2D eigenvalue weighted by Crippen LogP contribution is 2.16. The third-order valence-corrected chi connectivity index (χ3v) is 3.30. The van der Waals surface area contributed by atoms with E-state index in [4.69, 9.17) is 5.11 Å². The molecule has 1 heterocycles. The number of piperidine rings is 1. The SMILES string of the molecule is CN1CCCC(CNCC(C)(C)C(=O)O)C1. The van der Waals surface area contributed by atoms with Crippen molar-refractivity contribution >= 4 is 5.97 Å². The summed E-state index contributed by atoms with van der Waals surface area (Å²) in [6.07, 6.45) is 2.51. The Hall–Kier alpha value is -0.610. The van der Waals surface area contributed by atoms with Gasteiger partial charge in [0.1, 0.15) is 0 Å². The van der Waals surface area contributed by atoms with Crippen LogP contribution in [0.4, 0.5) is 0 Å². The molecule has 0 bridgehead atoms. The minimum Gasteiger partial charge on any atom is -0.481 e. The number of rotatable bonds is 5. The summed E-state index contributed by atoms with van der Waals surface area (Å²) < 4.78 is 0. The molecule has 4 heteroatoms. The molecule has 1 atom stereocenters. The van der Waals surface area contributed by atoms with Crippen LogP contribution >= 0.6 is 0 Å². The Bertz CT molecular complexity index is 241. The van der Waals surface area contributed by atoms with Gasteiger partial charge in [-0.15, -0.1) is 0 Å². The van der Waals surface area contributed by atoms with Gasteiger partial charge in [0.15, 0.2) is 0 Å². The first-order valence-electron chi connectivity index (χ1n) is 6.04. The lowest BCUT2D eigenvalue weighted by Crippen LogP contribution is -2.41. The second kappa shape index (κ2) is 5.64. The highest BCUT2D eigenvalue weighted by Gasteiger charge is 2.27. The van der Waals surface area contributed by atoms with Gasteiger partial charge in [-0.25, -0.2) is 0 Å². The van der Waals surface area contributed by atoms with Crippen LogP contribution in [-0.2, 0) is 4.79 Å². The van der Waals surface area contributed by atoms with E-state index in [1.54, 1.807) is 13.8 Å². The summed E-state index contributed by atoms with van der Waals surface area (Å²) in [6.45, 7) is 7.31. The van der Waals surface area contributed by atoms with Crippen molar-refractivity contribution < 1.29 is 9.90 Å². The molecule has 0 aromatic rings. The average Bonchev–Trinajstić information content (AvgIpc) is 2.17. The van der Waals surface area contributed by atoms with E-state index < -0.39 is 11.4 Å². The third kappa shape index (κ3) is 4.10.